The minimum Gasteiger partial charge on any atom is -0.459 e. The van der Waals surface area contributed by atoms with Gasteiger partial charge in [-0.3, -0.25) is 14.9 Å². The van der Waals surface area contributed by atoms with Crippen LogP contribution in [0.25, 0.3) is 11.0 Å². The second kappa shape index (κ2) is 8.50. The van der Waals surface area contributed by atoms with Crippen LogP contribution in [0.15, 0.2) is 28.7 Å². The smallest absolute Gasteiger partial charge is 0.408 e. The van der Waals surface area contributed by atoms with Gasteiger partial charge in [0.15, 0.2) is 0 Å². The highest BCUT2D eigenvalue weighted by Gasteiger charge is 2.28. The Balaban J connectivity index is 2.11. The highest BCUT2D eigenvalue weighted by atomic mass is 16.6. The number of benzene rings is 1. The number of hydrogen-bond acceptors (Lipinski definition) is 6. The number of carbonyl (C=O) groups is 2. The summed E-state index contributed by atoms with van der Waals surface area (Å²) < 4.78 is 10.9. The number of nitrogens with one attached hydrogen (secondary N) is 2. The number of furan rings is 1. The van der Waals surface area contributed by atoms with Gasteiger partial charge in [-0.05, 0) is 45.7 Å². The Kier molecular flexibility index (Phi) is 6.51. The van der Waals surface area contributed by atoms with Crippen molar-refractivity contribution in [2.24, 2.45) is 5.92 Å². The second-order valence-corrected chi connectivity index (χ2v) is 8.23. The normalized spacial score (nSPS) is 13.8. The third kappa shape index (κ3) is 5.94. The van der Waals surface area contributed by atoms with Crippen LogP contribution in [0.1, 0.15) is 53.3 Å². The van der Waals surface area contributed by atoms with Gasteiger partial charge in [-0.15, -0.1) is 0 Å². The number of rotatable bonds is 6. The topological polar surface area (TPSA) is 124 Å². The molecule has 0 radical (unpaired) electrons. The summed E-state index contributed by atoms with van der Waals surface area (Å²) in [5.74, 6) is -0.105. The Bertz CT molecular complexity index is 913. The van der Waals surface area contributed by atoms with Gasteiger partial charge in [0.25, 0.3) is 5.69 Å². The van der Waals surface area contributed by atoms with Crippen molar-refractivity contribution < 1.29 is 23.7 Å². The molecule has 0 spiro atoms. The van der Waals surface area contributed by atoms with Gasteiger partial charge in [-0.1, -0.05) is 13.8 Å². The molecular weight excluding hydrogens is 378 g/mol. The molecule has 0 aliphatic carbocycles. The molecule has 9 heteroatoms. The third-order valence-electron chi connectivity index (χ3n) is 4.14. The number of ether oxygens (including phenoxy) is 1. The summed E-state index contributed by atoms with van der Waals surface area (Å²) in [5, 5.41) is 16.9. The van der Waals surface area contributed by atoms with Crippen molar-refractivity contribution in [3.8, 4) is 0 Å². The molecule has 158 valence electrons. The van der Waals surface area contributed by atoms with Gasteiger partial charge in [0.1, 0.15) is 23.0 Å². The molecule has 2 rings (SSSR count). The molecule has 1 aromatic heterocycles. The number of alkyl carbamates (subject to hydrolysis) is 1. The van der Waals surface area contributed by atoms with Crippen molar-refractivity contribution in [2.75, 3.05) is 0 Å². The van der Waals surface area contributed by atoms with Crippen LogP contribution in [0.5, 0.6) is 0 Å². The van der Waals surface area contributed by atoms with Crippen LogP contribution in [0.2, 0.25) is 0 Å². The van der Waals surface area contributed by atoms with Crippen molar-refractivity contribution in [1.29, 1.82) is 0 Å². The largest absolute Gasteiger partial charge is 0.459 e. The molecule has 9 nitrogen and oxygen atoms in total. The SMILES string of the molecule is CC(NC(=O)[C@@H](NC(=O)OC(C)(C)C)C(C)C)c1cc2cc([N+](=O)[O-])ccc2o1. The summed E-state index contributed by atoms with van der Waals surface area (Å²) >= 11 is 0. The maximum atomic E-state index is 12.7. The quantitative estimate of drug-likeness (QED) is 0.551. The lowest BCUT2D eigenvalue weighted by molar-refractivity contribution is -0.384. The molecule has 1 unspecified atom stereocenters. The molecule has 2 aromatic rings. The standard InChI is InChI=1S/C20H27N3O6/c1-11(2)17(22-19(25)29-20(4,5)6)18(24)21-12(3)16-10-13-9-14(23(26)27)7-8-15(13)28-16/h7-12,17H,1-6H3,(H,21,24)(H,22,25)/t12?,17-/m0/s1. The fourth-order valence-electron chi connectivity index (χ4n) is 2.72. The van der Waals surface area contributed by atoms with E-state index in [2.05, 4.69) is 10.6 Å². The summed E-state index contributed by atoms with van der Waals surface area (Å²) in [6.45, 7) is 10.6. The molecule has 1 heterocycles. The molecule has 2 amide bonds. The van der Waals surface area contributed by atoms with Crippen LogP contribution in [-0.4, -0.2) is 28.6 Å². The molecule has 1 aromatic carbocycles. The van der Waals surface area contributed by atoms with E-state index >= 15 is 0 Å². The van der Waals surface area contributed by atoms with E-state index in [0.717, 1.165) is 0 Å². The van der Waals surface area contributed by atoms with E-state index in [1.165, 1.54) is 18.2 Å². The number of nitro groups is 1. The number of nitrogens with zero attached hydrogens (tertiary/aromatic N) is 1. The van der Waals surface area contributed by atoms with Gasteiger partial charge in [-0.2, -0.15) is 0 Å². The maximum Gasteiger partial charge on any atom is 0.408 e. The molecule has 0 fully saturated rings. The van der Waals surface area contributed by atoms with Crippen molar-refractivity contribution in [3.05, 3.63) is 40.1 Å². The monoisotopic (exact) mass is 405 g/mol. The number of hydrogen-bond donors (Lipinski definition) is 2. The first-order valence-corrected chi connectivity index (χ1v) is 9.35. The van der Waals surface area contributed by atoms with E-state index < -0.39 is 28.7 Å². The predicted octanol–water partition coefficient (Wildman–Crippen LogP) is 4.07. The fraction of sp³-hybridized carbons (Fsp3) is 0.500. The zero-order valence-corrected chi connectivity index (χ0v) is 17.4. The Morgan fingerprint density at radius 1 is 1.14 bits per heavy atom. The highest BCUT2D eigenvalue weighted by molar-refractivity contribution is 5.86. The summed E-state index contributed by atoms with van der Waals surface area (Å²) in [4.78, 5) is 35.2. The van der Waals surface area contributed by atoms with Gasteiger partial charge in [0.05, 0.1) is 11.0 Å². The van der Waals surface area contributed by atoms with Gasteiger partial charge in [-0.25, -0.2) is 4.79 Å². The molecule has 0 saturated heterocycles. The molecule has 2 N–H and O–H groups in total. The van der Waals surface area contributed by atoms with Crippen molar-refractivity contribution in [1.82, 2.24) is 10.6 Å². The third-order valence-corrected chi connectivity index (χ3v) is 4.14. The van der Waals surface area contributed by atoms with E-state index in [1.807, 2.05) is 13.8 Å². The van der Waals surface area contributed by atoms with E-state index in [9.17, 15) is 19.7 Å². The molecule has 0 aliphatic rings. The Hall–Kier alpha value is -3.10. The lowest BCUT2D eigenvalue weighted by Crippen LogP contribution is -2.51. The molecule has 29 heavy (non-hydrogen) atoms. The van der Waals surface area contributed by atoms with Crippen LogP contribution in [0.4, 0.5) is 10.5 Å². The fourth-order valence-corrected chi connectivity index (χ4v) is 2.72. The van der Waals surface area contributed by atoms with Crippen molar-refractivity contribution >= 4 is 28.7 Å². The average molecular weight is 405 g/mol. The number of nitro benzene ring substituents is 1. The summed E-state index contributed by atoms with van der Waals surface area (Å²) in [6, 6.07) is 4.65. The number of fused-ring (bicyclic) bond motifs is 1. The summed E-state index contributed by atoms with van der Waals surface area (Å²) in [6.07, 6.45) is -0.671. The van der Waals surface area contributed by atoms with Gasteiger partial charge in [0.2, 0.25) is 5.91 Å². The van der Waals surface area contributed by atoms with Crippen LogP contribution < -0.4 is 10.6 Å². The van der Waals surface area contributed by atoms with E-state index in [4.69, 9.17) is 9.15 Å². The number of carbonyl (C=O) groups excluding carboxylic acids is 2. The zero-order valence-electron chi connectivity index (χ0n) is 17.4. The Morgan fingerprint density at radius 2 is 1.79 bits per heavy atom. The van der Waals surface area contributed by atoms with Crippen molar-refractivity contribution in [2.45, 2.75) is 59.2 Å². The van der Waals surface area contributed by atoms with Gasteiger partial charge >= 0.3 is 6.09 Å². The van der Waals surface area contributed by atoms with Crippen LogP contribution >= 0.6 is 0 Å². The van der Waals surface area contributed by atoms with Gasteiger partial charge in [0, 0.05) is 17.5 Å². The maximum absolute atomic E-state index is 12.7. The average Bonchev–Trinajstić information content (AvgIpc) is 3.00. The zero-order chi connectivity index (χ0) is 21.9. The predicted molar refractivity (Wildman–Crippen MR) is 107 cm³/mol. The molecule has 0 saturated carbocycles. The summed E-state index contributed by atoms with van der Waals surface area (Å²) in [7, 11) is 0. The molecule has 0 bridgehead atoms. The first-order valence-electron chi connectivity index (χ1n) is 9.35. The first-order chi connectivity index (χ1) is 13.4. The molecular formula is C20H27N3O6. The number of non-ortho nitro benzene ring substituents is 1. The summed E-state index contributed by atoms with van der Waals surface area (Å²) in [5.41, 5.74) is -0.228. The molecule has 0 aliphatic heterocycles. The minimum atomic E-state index is -0.794. The van der Waals surface area contributed by atoms with Crippen LogP contribution in [0.3, 0.4) is 0 Å². The lowest BCUT2D eigenvalue weighted by atomic mass is 10.0. The highest BCUT2D eigenvalue weighted by Crippen LogP contribution is 2.27. The Labute approximate surface area is 168 Å². The van der Waals surface area contributed by atoms with Crippen molar-refractivity contribution in [3.63, 3.8) is 0 Å². The second-order valence-electron chi connectivity index (χ2n) is 8.23. The lowest BCUT2D eigenvalue weighted by Gasteiger charge is -2.26. The van der Waals surface area contributed by atoms with E-state index in [1.54, 1.807) is 33.8 Å². The van der Waals surface area contributed by atoms with Crippen LogP contribution in [0, 0.1) is 16.0 Å². The van der Waals surface area contributed by atoms with E-state index in [-0.39, 0.29) is 17.5 Å². The molecule has 2 atom stereocenters. The number of amides is 2. The van der Waals surface area contributed by atoms with Crippen LogP contribution in [-0.2, 0) is 9.53 Å². The first kappa shape index (κ1) is 22.2. The van der Waals surface area contributed by atoms with E-state index in [0.29, 0.717) is 16.7 Å². The minimum absolute atomic E-state index is 0.0389. The Morgan fingerprint density at radius 3 is 2.34 bits per heavy atom. The van der Waals surface area contributed by atoms with Gasteiger partial charge < -0.3 is 19.8 Å².